The van der Waals surface area contributed by atoms with Crippen LogP contribution >= 0.6 is 0 Å². The lowest BCUT2D eigenvalue weighted by Gasteiger charge is -2.33. The van der Waals surface area contributed by atoms with Gasteiger partial charge in [-0.3, -0.25) is 4.79 Å². The highest BCUT2D eigenvalue weighted by Gasteiger charge is 2.37. The van der Waals surface area contributed by atoms with Crippen molar-refractivity contribution in [1.82, 2.24) is 9.46 Å². The van der Waals surface area contributed by atoms with E-state index in [0.29, 0.717) is 25.1 Å². The lowest BCUT2D eigenvalue weighted by Crippen LogP contribution is -2.46. The molecule has 0 radical (unpaired) electrons. The smallest absolute Gasteiger partial charge is 0.248 e. The van der Waals surface area contributed by atoms with Crippen molar-refractivity contribution in [2.45, 2.75) is 38.5 Å². The SMILES string of the molecule is Cc1ccc(/C=C/c2onc(C)c2S(=O)(=O)N2CCC[C@@H](C(=O)N(C)c3ccc(C)cc3)C2)cc1. The summed E-state index contributed by atoms with van der Waals surface area (Å²) in [5.41, 5.74) is 4.28. The Labute approximate surface area is 207 Å². The molecule has 184 valence electrons. The number of hydrogen-bond acceptors (Lipinski definition) is 5. The zero-order valence-electron chi connectivity index (χ0n) is 20.6. The molecule has 1 fully saturated rings. The molecule has 35 heavy (non-hydrogen) atoms. The van der Waals surface area contributed by atoms with Crippen molar-refractivity contribution < 1.29 is 17.7 Å². The molecule has 1 atom stereocenters. The van der Waals surface area contributed by atoms with Crippen molar-refractivity contribution >= 4 is 33.8 Å². The Hall–Kier alpha value is -3.23. The lowest BCUT2D eigenvalue weighted by atomic mass is 9.98. The zero-order valence-corrected chi connectivity index (χ0v) is 21.4. The molecule has 2 heterocycles. The summed E-state index contributed by atoms with van der Waals surface area (Å²) in [7, 11) is -2.16. The number of aryl methyl sites for hydroxylation is 3. The van der Waals surface area contributed by atoms with E-state index in [9.17, 15) is 13.2 Å². The Morgan fingerprint density at radius 2 is 1.66 bits per heavy atom. The molecule has 0 aliphatic carbocycles. The van der Waals surface area contributed by atoms with E-state index in [0.717, 1.165) is 22.4 Å². The number of amides is 1. The second-order valence-corrected chi connectivity index (χ2v) is 11.0. The summed E-state index contributed by atoms with van der Waals surface area (Å²) < 4.78 is 34.1. The van der Waals surface area contributed by atoms with Crippen LogP contribution in [-0.2, 0) is 14.8 Å². The monoisotopic (exact) mass is 493 g/mol. The number of anilines is 1. The van der Waals surface area contributed by atoms with E-state index in [1.807, 2.05) is 62.4 Å². The minimum Gasteiger partial charge on any atom is -0.355 e. The molecule has 0 N–H and O–H groups in total. The second-order valence-electron chi connectivity index (χ2n) is 9.14. The molecule has 1 saturated heterocycles. The summed E-state index contributed by atoms with van der Waals surface area (Å²) in [6.45, 7) is 6.10. The number of piperidine rings is 1. The molecule has 8 heteroatoms. The standard InChI is InChI=1S/C27H31N3O4S/c1-19-7-11-22(12-8-19)13-16-25-26(21(3)28-34-25)35(32,33)30-17-5-6-23(18-30)27(31)29(4)24-14-9-20(2)10-15-24/h7-16,23H,5-6,17-18H2,1-4H3/b16-13+/t23-/m1/s1. The molecular formula is C27H31N3O4S. The van der Waals surface area contributed by atoms with Gasteiger partial charge in [0.2, 0.25) is 15.9 Å². The van der Waals surface area contributed by atoms with E-state index in [4.69, 9.17) is 4.52 Å². The first kappa shape index (κ1) is 24.9. The summed E-state index contributed by atoms with van der Waals surface area (Å²) in [5, 5.41) is 3.93. The average Bonchev–Trinajstić information content (AvgIpc) is 3.24. The van der Waals surface area contributed by atoms with Crippen LogP contribution in [-0.4, -0.2) is 43.9 Å². The molecular weight excluding hydrogens is 462 g/mol. The highest BCUT2D eigenvalue weighted by molar-refractivity contribution is 7.89. The van der Waals surface area contributed by atoms with Gasteiger partial charge in [0.25, 0.3) is 0 Å². The third-order valence-corrected chi connectivity index (χ3v) is 8.44. The molecule has 2 aromatic carbocycles. The molecule has 1 amide bonds. The Morgan fingerprint density at radius 3 is 2.31 bits per heavy atom. The van der Waals surface area contributed by atoms with E-state index in [1.54, 1.807) is 31.0 Å². The van der Waals surface area contributed by atoms with Crippen LogP contribution < -0.4 is 4.90 Å². The number of carbonyl (C=O) groups excluding carboxylic acids is 1. The molecule has 1 aliphatic heterocycles. The number of sulfonamides is 1. The van der Waals surface area contributed by atoms with Gasteiger partial charge in [-0.1, -0.05) is 58.8 Å². The van der Waals surface area contributed by atoms with E-state index in [-0.39, 0.29) is 23.1 Å². The second kappa shape index (κ2) is 10.2. The Bertz CT molecular complexity index is 1330. The fraction of sp³-hybridized carbons (Fsp3) is 0.333. The van der Waals surface area contributed by atoms with Crippen molar-refractivity contribution in [2.24, 2.45) is 5.92 Å². The largest absolute Gasteiger partial charge is 0.355 e. The highest BCUT2D eigenvalue weighted by atomic mass is 32.2. The topological polar surface area (TPSA) is 83.7 Å². The van der Waals surface area contributed by atoms with Gasteiger partial charge >= 0.3 is 0 Å². The predicted octanol–water partition coefficient (Wildman–Crippen LogP) is 4.83. The third kappa shape index (κ3) is 5.39. The minimum absolute atomic E-state index is 0.0563. The zero-order chi connectivity index (χ0) is 25.2. The van der Waals surface area contributed by atoms with Crippen molar-refractivity contribution in [3.05, 3.63) is 76.7 Å². The van der Waals surface area contributed by atoms with Crippen LogP contribution in [0.4, 0.5) is 5.69 Å². The quantitative estimate of drug-likeness (QED) is 0.491. The van der Waals surface area contributed by atoms with Gasteiger partial charge in [-0.25, -0.2) is 8.42 Å². The number of carbonyl (C=O) groups is 1. The summed E-state index contributed by atoms with van der Waals surface area (Å²) >= 11 is 0. The summed E-state index contributed by atoms with van der Waals surface area (Å²) in [6, 6.07) is 15.6. The van der Waals surface area contributed by atoms with Crippen LogP contribution in [0.25, 0.3) is 12.2 Å². The van der Waals surface area contributed by atoms with Gasteiger partial charge in [0.15, 0.2) is 10.7 Å². The maximum atomic E-state index is 13.7. The molecule has 3 aromatic rings. The van der Waals surface area contributed by atoms with Gasteiger partial charge in [0.1, 0.15) is 5.69 Å². The van der Waals surface area contributed by atoms with E-state index in [2.05, 4.69) is 5.16 Å². The van der Waals surface area contributed by atoms with E-state index >= 15 is 0 Å². The Morgan fingerprint density at radius 1 is 1.03 bits per heavy atom. The van der Waals surface area contributed by atoms with Crippen molar-refractivity contribution in [2.75, 3.05) is 25.0 Å². The fourth-order valence-corrected chi connectivity index (χ4v) is 6.08. The van der Waals surface area contributed by atoms with Gasteiger partial charge < -0.3 is 9.42 Å². The Kier molecular flexibility index (Phi) is 7.23. The van der Waals surface area contributed by atoms with Crippen LogP contribution in [0.3, 0.4) is 0 Å². The first-order chi connectivity index (χ1) is 16.7. The molecule has 4 rings (SSSR count). The molecule has 0 unspecified atom stereocenters. The predicted molar refractivity (Wildman–Crippen MR) is 137 cm³/mol. The fourth-order valence-electron chi connectivity index (χ4n) is 4.31. The maximum absolute atomic E-state index is 13.7. The van der Waals surface area contributed by atoms with E-state index in [1.165, 1.54) is 4.31 Å². The number of aromatic nitrogens is 1. The normalized spacial score (nSPS) is 17.1. The first-order valence-electron chi connectivity index (χ1n) is 11.7. The van der Waals surface area contributed by atoms with Crippen LogP contribution in [0.1, 0.15) is 41.0 Å². The van der Waals surface area contributed by atoms with Crippen molar-refractivity contribution in [3.8, 4) is 0 Å². The number of benzene rings is 2. The Balaban J connectivity index is 1.55. The van der Waals surface area contributed by atoms with Gasteiger partial charge in [-0.05, 0) is 57.4 Å². The maximum Gasteiger partial charge on any atom is 0.248 e. The number of rotatable bonds is 6. The lowest BCUT2D eigenvalue weighted by molar-refractivity contribution is -0.123. The van der Waals surface area contributed by atoms with Gasteiger partial charge in [0, 0.05) is 25.8 Å². The van der Waals surface area contributed by atoms with Gasteiger partial charge in [-0.2, -0.15) is 4.31 Å². The van der Waals surface area contributed by atoms with E-state index < -0.39 is 15.9 Å². The van der Waals surface area contributed by atoms with Crippen molar-refractivity contribution in [3.63, 3.8) is 0 Å². The average molecular weight is 494 g/mol. The van der Waals surface area contributed by atoms with Crippen molar-refractivity contribution in [1.29, 1.82) is 0 Å². The van der Waals surface area contributed by atoms with Crippen LogP contribution in [0.15, 0.2) is 57.9 Å². The number of hydrogen-bond donors (Lipinski definition) is 0. The molecule has 1 aliphatic rings. The molecule has 7 nitrogen and oxygen atoms in total. The van der Waals surface area contributed by atoms with Gasteiger partial charge in [-0.15, -0.1) is 0 Å². The summed E-state index contributed by atoms with van der Waals surface area (Å²) in [6.07, 6.45) is 4.69. The summed E-state index contributed by atoms with van der Waals surface area (Å²) in [4.78, 5) is 14.9. The molecule has 0 bridgehead atoms. The molecule has 0 saturated carbocycles. The van der Waals surface area contributed by atoms with Crippen LogP contribution in [0.5, 0.6) is 0 Å². The van der Waals surface area contributed by atoms with Gasteiger partial charge in [0.05, 0.1) is 5.92 Å². The number of nitrogens with zero attached hydrogens (tertiary/aromatic N) is 3. The van der Waals surface area contributed by atoms with Crippen LogP contribution in [0, 0.1) is 26.7 Å². The first-order valence-corrected chi connectivity index (χ1v) is 13.2. The summed E-state index contributed by atoms with van der Waals surface area (Å²) in [5.74, 6) is -0.319. The highest BCUT2D eigenvalue weighted by Crippen LogP contribution is 2.30. The third-order valence-electron chi connectivity index (χ3n) is 6.42. The molecule has 0 spiro atoms. The minimum atomic E-state index is -3.90. The molecule has 1 aromatic heterocycles. The van der Waals surface area contributed by atoms with Crippen LogP contribution in [0.2, 0.25) is 0 Å².